The third-order valence-electron chi connectivity index (χ3n) is 4.59. The molecule has 0 unspecified atom stereocenters. The van der Waals surface area contributed by atoms with E-state index in [9.17, 15) is 9.59 Å². The summed E-state index contributed by atoms with van der Waals surface area (Å²) in [5.41, 5.74) is 3.27. The summed E-state index contributed by atoms with van der Waals surface area (Å²) in [5.74, 6) is 0.206. The van der Waals surface area contributed by atoms with Crippen molar-refractivity contribution < 1.29 is 9.59 Å². The number of carbonyl (C=O) groups excluding carboxylic acids is 2. The van der Waals surface area contributed by atoms with Crippen LogP contribution in [0, 0.1) is 0 Å². The Balaban J connectivity index is 2.01. The molecule has 130 valence electrons. The summed E-state index contributed by atoms with van der Waals surface area (Å²) in [6.07, 6.45) is 4.39. The number of nitrogens with zero attached hydrogens (tertiary/aromatic N) is 2. The van der Waals surface area contributed by atoms with E-state index in [-0.39, 0.29) is 11.6 Å². The van der Waals surface area contributed by atoms with Gasteiger partial charge in [0.05, 0.1) is 16.6 Å². The molecule has 1 aromatic carbocycles. The van der Waals surface area contributed by atoms with Crippen LogP contribution in [0.2, 0.25) is 0 Å². The molecule has 0 aliphatic carbocycles. The molecule has 0 bridgehead atoms. The SMILES string of the molecule is CC(=O)c1ccc2c(C(=O)CCCCN(C)C)c3ccccn3c2c1. The monoisotopic (exact) mass is 336 g/mol. The van der Waals surface area contributed by atoms with Crippen molar-refractivity contribution in [3.63, 3.8) is 0 Å². The normalized spacial score (nSPS) is 11.5. The van der Waals surface area contributed by atoms with E-state index >= 15 is 0 Å². The number of aromatic nitrogens is 1. The standard InChI is InChI=1S/C21H24N2O2/c1-15(24)16-10-11-17-19(14-16)23-13-7-4-8-18(23)21(17)20(25)9-5-6-12-22(2)3/h4,7-8,10-11,13-14H,5-6,9,12H2,1-3H3. The third kappa shape index (κ3) is 3.49. The summed E-state index contributed by atoms with van der Waals surface area (Å²) in [6.45, 7) is 2.56. The minimum absolute atomic E-state index is 0.0318. The predicted molar refractivity (Wildman–Crippen MR) is 102 cm³/mol. The van der Waals surface area contributed by atoms with Crippen molar-refractivity contribution in [2.45, 2.75) is 26.2 Å². The summed E-state index contributed by atoms with van der Waals surface area (Å²) in [4.78, 5) is 26.8. The fourth-order valence-corrected chi connectivity index (χ4v) is 3.29. The van der Waals surface area contributed by atoms with E-state index in [1.54, 1.807) is 6.92 Å². The van der Waals surface area contributed by atoms with Gasteiger partial charge in [0, 0.05) is 23.6 Å². The molecule has 4 nitrogen and oxygen atoms in total. The zero-order valence-corrected chi connectivity index (χ0v) is 15.1. The molecule has 0 atom stereocenters. The molecule has 25 heavy (non-hydrogen) atoms. The zero-order chi connectivity index (χ0) is 18.0. The lowest BCUT2D eigenvalue weighted by atomic mass is 10.0. The van der Waals surface area contributed by atoms with Gasteiger partial charge in [-0.2, -0.15) is 0 Å². The number of rotatable bonds is 7. The van der Waals surface area contributed by atoms with Gasteiger partial charge in [0.1, 0.15) is 0 Å². The molecule has 0 saturated carbocycles. The minimum Gasteiger partial charge on any atom is -0.316 e. The second-order valence-corrected chi connectivity index (χ2v) is 6.80. The van der Waals surface area contributed by atoms with Gasteiger partial charge in [-0.05, 0) is 58.6 Å². The number of unbranched alkanes of at least 4 members (excludes halogenated alkanes) is 1. The first-order chi connectivity index (χ1) is 12.0. The number of hydrogen-bond acceptors (Lipinski definition) is 3. The van der Waals surface area contributed by atoms with Crippen molar-refractivity contribution in [3.05, 3.63) is 53.7 Å². The highest BCUT2D eigenvalue weighted by atomic mass is 16.1. The Bertz CT molecular complexity index is 938. The molecular weight excluding hydrogens is 312 g/mol. The van der Waals surface area contributed by atoms with Gasteiger partial charge in [0.2, 0.25) is 0 Å². The Hall–Kier alpha value is -2.46. The van der Waals surface area contributed by atoms with Crippen molar-refractivity contribution in [1.82, 2.24) is 9.30 Å². The first-order valence-corrected chi connectivity index (χ1v) is 8.70. The number of hydrogen-bond donors (Lipinski definition) is 0. The second kappa shape index (κ2) is 7.19. The van der Waals surface area contributed by atoms with Crippen LogP contribution >= 0.6 is 0 Å². The van der Waals surface area contributed by atoms with Crippen molar-refractivity contribution in [2.24, 2.45) is 0 Å². The van der Waals surface area contributed by atoms with E-state index in [4.69, 9.17) is 0 Å². The maximum atomic E-state index is 12.9. The van der Waals surface area contributed by atoms with Crippen LogP contribution in [0.25, 0.3) is 16.4 Å². The molecule has 2 aromatic heterocycles. The quantitative estimate of drug-likeness (QED) is 0.479. The Kier molecular flexibility index (Phi) is 5.00. The zero-order valence-electron chi connectivity index (χ0n) is 15.1. The maximum absolute atomic E-state index is 12.9. The number of pyridine rings is 1. The Morgan fingerprint density at radius 1 is 1.04 bits per heavy atom. The lowest BCUT2D eigenvalue weighted by Crippen LogP contribution is -2.13. The van der Waals surface area contributed by atoms with E-state index < -0.39 is 0 Å². The molecule has 0 aliphatic rings. The van der Waals surface area contributed by atoms with E-state index in [0.717, 1.165) is 41.4 Å². The minimum atomic E-state index is 0.0318. The molecule has 0 spiro atoms. The first-order valence-electron chi connectivity index (χ1n) is 8.70. The largest absolute Gasteiger partial charge is 0.316 e. The van der Waals surface area contributed by atoms with Crippen LogP contribution in [0.1, 0.15) is 46.9 Å². The summed E-state index contributed by atoms with van der Waals surface area (Å²) in [5, 5.41) is 0.925. The van der Waals surface area contributed by atoms with Crippen LogP contribution in [-0.4, -0.2) is 41.5 Å². The van der Waals surface area contributed by atoms with Gasteiger partial charge in [-0.3, -0.25) is 9.59 Å². The lowest BCUT2D eigenvalue weighted by Gasteiger charge is -2.08. The van der Waals surface area contributed by atoms with Gasteiger partial charge in [0.15, 0.2) is 11.6 Å². The van der Waals surface area contributed by atoms with Gasteiger partial charge in [-0.1, -0.05) is 18.2 Å². The highest BCUT2D eigenvalue weighted by Crippen LogP contribution is 2.29. The number of Topliss-reactive ketones (excluding diaryl/α,β-unsaturated/α-hetero) is 2. The molecule has 0 saturated heterocycles. The van der Waals surface area contributed by atoms with Crippen molar-refractivity contribution >= 4 is 28.0 Å². The molecule has 2 heterocycles. The molecule has 0 N–H and O–H groups in total. The molecule has 0 fully saturated rings. The molecule has 0 amide bonds. The predicted octanol–water partition coefficient (Wildman–Crippen LogP) is 4.21. The fraction of sp³-hybridized carbons (Fsp3) is 0.333. The summed E-state index contributed by atoms with van der Waals surface area (Å²) in [6, 6.07) is 11.5. The van der Waals surface area contributed by atoms with Gasteiger partial charge in [-0.25, -0.2) is 0 Å². The van der Waals surface area contributed by atoms with E-state index in [1.165, 1.54) is 0 Å². The average Bonchev–Trinajstić information content (AvgIpc) is 2.92. The number of ketones is 2. The Morgan fingerprint density at radius 2 is 1.84 bits per heavy atom. The Morgan fingerprint density at radius 3 is 2.56 bits per heavy atom. The highest BCUT2D eigenvalue weighted by molar-refractivity contribution is 6.15. The van der Waals surface area contributed by atoms with E-state index in [1.807, 2.05) is 61.1 Å². The van der Waals surface area contributed by atoms with Gasteiger partial charge >= 0.3 is 0 Å². The van der Waals surface area contributed by atoms with E-state index in [0.29, 0.717) is 12.0 Å². The second-order valence-electron chi connectivity index (χ2n) is 6.80. The van der Waals surface area contributed by atoms with Crippen LogP contribution in [0.3, 0.4) is 0 Å². The van der Waals surface area contributed by atoms with Crippen LogP contribution < -0.4 is 0 Å². The molecule has 3 aromatic rings. The number of carbonyl (C=O) groups is 2. The van der Waals surface area contributed by atoms with Crippen LogP contribution in [0.4, 0.5) is 0 Å². The average molecular weight is 336 g/mol. The van der Waals surface area contributed by atoms with Gasteiger partial charge in [0.25, 0.3) is 0 Å². The molecule has 4 heteroatoms. The fourth-order valence-electron chi connectivity index (χ4n) is 3.29. The van der Waals surface area contributed by atoms with Crippen LogP contribution in [0.15, 0.2) is 42.6 Å². The molecule has 3 rings (SSSR count). The summed E-state index contributed by atoms with van der Waals surface area (Å²) in [7, 11) is 4.09. The number of benzene rings is 1. The third-order valence-corrected chi connectivity index (χ3v) is 4.59. The first kappa shape index (κ1) is 17.4. The lowest BCUT2D eigenvalue weighted by molar-refractivity contribution is 0.0980. The highest BCUT2D eigenvalue weighted by Gasteiger charge is 2.18. The molecular formula is C21H24N2O2. The maximum Gasteiger partial charge on any atom is 0.165 e. The van der Waals surface area contributed by atoms with Gasteiger partial charge < -0.3 is 9.30 Å². The van der Waals surface area contributed by atoms with Crippen LogP contribution in [0.5, 0.6) is 0 Å². The van der Waals surface area contributed by atoms with Crippen molar-refractivity contribution in [3.8, 4) is 0 Å². The topological polar surface area (TPSA) is 41.8 Å². The molecule has 0 aliphatic heterocycles. The van der Waals surface area contributed by atoms with Crippen molar-refractivity contribution in [2.75, 3.05) is 20.6 Å². The van der Waals surface area contributed by atoms with Crippen molar-refractivity contribution in [1.29, 1.82) is 0 Å². The smallest absolute Gasteiger partial charge is 0.165 e. The molecule has 0 radical (unpaired) electrons. The summed E-state index contributed by atoms with van der Waals surface area (Å²) < 4.78 is 2.01. The number of fused-ring (bicyclic) bond motifs is 3. The van der Waals surface area contributed by atoms with E-state index in [2.05, 4.69) is 4.90 Å². The Labute approximate surface area is 148 Å². The van der Waals surface area contributed by atoms with Gasteiger partial charge in [-0.15, -0.1) is 0 Å². The summed E-state index contributed by atoms with van der Waals surface area (Å²) >= 11 is 0. The van der Waals surface area contributed by atoms with Crippen LogP contribution in [-0.2, 0) is 0 Å².